The van der Waals surface area contributed by atoms with Crippen LogP contribution in [0.25, 0.3) is 12.2 Å². The van der Waals surface area contributed by atoms with Crippen molar-refractivity contribution in [2.75, 3.05) is 5.32 Å². The molecule has 0 radical (unpaired) electrons. The van der Waals surface area contributed by atoms with Gasteiger partial charge in [0.25, 0.3) is 5.91 Å². The van der Waals surface area contributed by atoms with Gasteiger partial charge < -0.3 is 5.32 Å². The Kier molecular flexibility index (Phi) is 5.08. The van der Waals surface area contributed by atoms with E-state index in [4.69, 9.17) is 0 Å². The van der Waals surface area contributed by atoms with Gasteiger partial charge in [0.1, 0.15) is 4.88 Å². The third kappa shape index (κ3) is 3.91. The number of aromatic nitrogens is 3. The predicted molar refractivity (Wildman–Crippen MR) is 96.8 cm³/mol. The Bertz CT molecular complexity index is 858. The Morgan fingerprint density at radius 3 is 2.92 bits per heavy atom. The number of nitrogens with one attached hydrogen (secondary N) is 1. The molecule has 0 aliphatic carbocycles. The number of nitrogens with zero attached hydrogens (tertiary/aromatic N) is 3. The second-order valence-corrected chi connectivity index (χ2v) is 5.82. The summed E-state index contributed by atoms with van der Waals surface area (Å²) in [6.07, 6.45) is 6.34. The van der Waals surface area contributed by atoms with Crippen molar-refractivity contribution in [3.05, 3.63) is 70.5 Å². The van der Waals surface area contributed by atoms with Crippen LogP contribution in [0.2, 0.25) is 0 Å². The summed E-state index contributed by atoms with van der Waals surface area (Å²) in [5.41, 5.74) is 3.33. The van der Waals surface area contributed by atoms with Crippen molar-refractivity contribution in [1.29, 1.82) is 0 Å². The van der Waals surface area contributed by atoms with Crippen molar-refractivity contribution in [3.8, 4) is 0 Å². The minimum Gasteiger partial charge on any atom is -0.321 e. The van der Waals surface area contributed by atoms with Crippen LogP contribution in [0.1, 0.15) is 33.5 Å². The Balaban J connectivity index is 1.74. The van der Waals surface area contributed by atoms with E-state index < -0.39 is 0 Å². The van der Waals surface area contributed by atoms with Crippen molar-refractivity contribution in [3.63, 3.8) is 0 Å². The molecule has 5 nitrogen and oxygen atoms in total. The number of pyridine rings is 1. The lowest BCUT2D eigenvalue weighted by molar-refractivity contribution is 0.102. The fraction of sp³-hybridized carbons (Fsp3) is 0.111. The number of hydrogen-bond donors (Lipinski definition) is 1. The molecule has 2 aromatic heterocycles. The molecule has 0 fully saturated rings. The normalized spacial score (nSPS) is 10.9. The molecule has 0 saturated carbocycles. The van der Waals surface area contributed by atoms with E-state index >= 15 is 0 Å². The quantitative estimate of drug-likeness (QED) is 0.767. The summed E-state index contributed by atoms with van der Waals surface area (Å²) >= 11 is 1.12. The highest BCUT2D eigenvalue weighted by Gasteiger charge is 2.14. The van der Waals surface area contributed by atoms with Crippen LogP contribution in [0.4, 0.5) is 5.69 Å². The third-order valence-corrected chi connectivity index (χ3v) is 4.14. The molecule has 2 heterocycles. The van der Waals surface area contributed by atoms with Gasteiger partial charge in [-0.05, 0) is 53.9 Å². The lowest BCUT2D eigenvalue weighted by atomic mass is 10.1. The molecule has 0 bridgehead atoms. The summed E-state index contributed by atoms with van der Waals surface area (Å²) in [4.78, 5) is 17.1. The van der Waals surface area contributed by atoms with Gasteiger partial charge in [-0.2, -0.15) is 0 Å². The van der Waals surface area contributed by atoms with Crippen LogP contribution in [0.3, 0.4) is 0 Å². The van der Waals surface area contributed by atoms with Crippen LogP contribution in [0.5, 0.6) is 0 Å². The Morgan fingerprint density at radius 2 is 2.12 bits per heavy atom. The standard InChI is InChI=1S/C18H16N4OS/c1-2-16-17(24-22-21-16)18(23)20-15-8-5-6-13(12-15)9-10-14-7-3-4-11-19-14/h3-12H,2H2,1H3,(H,20,23). The minimum absolute atomic E-state index is 0.173. The van der Waals surface area contributed by atoms with Gasteiger partial charge in [0.15, 0.2) is 0 Å². The average Bonchev–Trinajstić information content (AvgIpc) is 3.10. The van der Waals surface area contributed by atoms with E-state index in [2.05, 4.69) is 19.9 Å². The molecule has 0 aliphatic heterocycles. The topological polar surface area (TPSA) is 67.8 Å². The van der Waals surface area contributed by atoms with Crippen LogP contribution in [-0.2, 0) is 6.42 Å². The van der Waals surface area contributed by atoms with Crippen LogP contribution < -0.4 is 5.32 Å². The number of carbonyl (C=O) groups is 1. The lowest BCUT2D eigenvalue weighted by Crippen LogP contribution is -2.12. The second-order valence-electron chi connectivity index (χ2n) is 5.07. The highest BCUT2D eigenvalue weighted by molar-refractivity contribution is 7.08. The number of amides is 1. The summed E-state index contributed by atoms with van der Waals surface area (Å²) in [6.45, 7) is 1.95. The average molecular weight is 336 g/mol. The predicted octanol–water partition coefficient (Wildman–Crippen LogP) is 3.92. The van der Waals surface area contributed by atoms with Gasteiger partial charge in [0, 0.05) is 11.9 Å². The largest absolute Gasteiger partial charge is 0.321 e. The zero-order chi connectivity index (χ0) is 16.8. The molecule has 0 unspecified atom stereocenters. The number of rotatable bonds is 5. The van der Waals surface area contributed by atoms with Gasteiger partial charge in [0.05, 0.1) is 11.4 Å². The third-order valence-electron chi connectivity index (χ3n) is 3.38. The lowest BCUT2D eigenvalue weighted by Gasteiger charge is -2.05. The van der Waals surface area contributed by atoms with Gasteiger partial charge in [-0.15, -0.1) is 5.10 Å². The second kappa shape index (κ2) is 7.61. The summed E-state index contributed by atoms with van der Waals surface area (Å²) in [5, 5.41) is 6.87. The first-order valence-corrected chi connectivity index (χ1v) is 8.35. The maximum atomic E-state index is 12.3. The summed E-state index contributed by atoms with van der Waals surface area (Å²) in [7, 11) is 0. The molecule has 0 atom stereocenters. The maximum absolute atomic E-state index is 12.3. The van der Waals surface area contributed by atoms with E-state index in [1.165, 1.54) is 0 Å². The van der Waals surface area contributed by atoms with Crippen molar-refractivity contribution in [2.45, 2.75) is 13.3 Å². The molecule has 0 spiro atoms. The molecule has 1 amide bonds. The van der Waals surface area contributed by atoms with Crippen molar-refractivity contribution in [2.24, 2.45) is 0 Å². The fourth-order valence-corrected chi connectivity index (χ4v) is 2.82. The van der Waals surface area contributed by atoms with Gasteiger partial charge in [-0.25, -0.2) is 0 Å². The van der Waals surface area contributed by atoms with E-state index in [9.17, 15) is 4.79 Å². The van der Waals surface area contributed by atoms with Gasteiger partial charge >= 0.3 is 0 Å². The van der Waals surface area contributed by atoms with Crippen LogP contribution in [0, 0.1) is 0 Å². The van der Waals surface area contributed by atoms with Crippen LogP contribution >= 0.6 is 11.5 Å². The van der Waals surface area contributed by atoms with Gasteiger partial charge in [-0.1, -0.05) is 35.7 Å². The first-order chi connectivity index (χ1) is 11.8. The highest BCUT2D eigenvalue weighted by Crippen LogP contribution is 2.17. The Morgan fingerprint density at radius 1 is 1.21 bits per heavy atom. The smallest absolute Gasteiger partial charge is 0.269 e. The van der Waals surface area contributed by atoms with Crippen LogP contribution in [-0.4, -0.2) is 20.5 Å². The van der Waals surface area contributed by atoms with Crippen molar-refractivity contribution >= 4 is 35.3 Å². The van der Waals surface area contributed by atoms with Gasteiger partial charge in [0.2, 0.25) is 0 Å². The zero-order valence-electron chi connectivity index (χ0n) is 13.1. The van der Waals surface area contributed by atoms with E-state index in [1.54, 1.807) is 6.20 Å². The molecule has 0 aliphatic rings. The molecule has 24 heavy (non-hydrogen) atoms. The molecule has 0 saturated heterocycles. The number of hydrogen-bond acceptors (Lipinski definition) is 5. The highest BCUT2D eigenvalue weighted by atomic mass is 32.1. The van der Waals surface area contributed by atoms with Crippen LogP contribution in [0.15, 0.2) is 48.7 Å². The molecular weight excluding hydrogens is 320 g/mol. The van der Waals surface area contributed by atoms with Crippen molar-refractivity contribution < 1.29 is 4.79 Å². The molecule has 1 aromatic carbocycles. The number of aryl methyl sites for hydroxylation is 1. The number of carbonyl (C=O) groups excluding carboxylic acids is 1. The first-order valence-electron chi connectivity index (χ1n) is 7.58. The van der Waals surface area contributed by atoms with E-state index in [1.807, 2.05) is 61.5 Å². The van der Waals surface area contributed by atoms with E-state index in [0.29, 0.717) is 11.3 Å². The summed E-state index contributed by atoms with van der Waals surface area (Å²) in [6, 6.07) is 13.4. The van der Waals surface area contributed by atoms with E-state index in [-0.39, 0.29) is 5.91 Å². The molecule has 3 rings (SSSR count). The van der Waals surface area contributed by atoms with Gasteiger partial charge in [-0.3, -0.25) is 9.78 Å². The molecule has 6 heteroatoms. The molecule has 1 N–H and O–H groups in total. The molecular formula is C18H16N4OS. The zero-order valence-corrected chi connectivity index (χ0v) is 14.0. The summed E-state index contributed by atoms with van der Waals surface area (Å²) < 4.78 is 3.85. The number of anilines is 1. The van der Waals surface area contributed by atoms with Crippen molar-refractivity contribution in [1.82, 2.24) is 14.6 Å². The monoisotopic (exact) mass is 336 g/mol. The number of benzene rings is 1. The van der Waals surface area contributed by atoms with E-state index in [0.717, 1.165) is 34.2 Å². The first kappa shape index (κ1) is 16.0. The maximum Gasteiger partial charge on any atom is 0.269 e. The minimum atomic E-state index is -0.173. The molecule has 120 valence electrons. The Labute approximate surface area is 144 Å². The Hall–Kier alpha value is -2.86. The SMILES string of the molecule is CCc1nnsc1C(=O)Nc1cccc(C=Cc2ccccn2)c1. The summed E-state index contributed by atoms with van der Waals surface area (Å²) in [5.74, 6) is -0.173. The molecule has 3 aromatic rings. The fourth-order valence-electron chi connectivity index (χ4n) is 2.18.